The lowest BCUT2D eigenvalue weighted by Gasteiger charge is -2.15. The minimum absolute atomic E-state index is 0.125. The van der Waals surface area contributed by atoms with Gasteiger partial charge in [0, 0.05) is 6.42 Å². The van der Waals surface area contributed by atoms with Crippen LogP contribution >= 0.6 is 0 Å². The van der Waals surface area contributed by atoms with Gasteiger partial charge in [0.05, 0.1) is 6.04 Å². The summed E-state index contributed by atoms with van der Waals surface area (Å²) in [5.41, 5.74) is 5.34. The van der Waals surface area contributed by atoms with Crippen molar-refractivity contribution in [2.75, 3.05) is 6.54 Å². The van der Waals surface area contributed by atoms with Crippen LogP contribution < -0.4 is 16.4 Å². The van der Waals surface area contributed by atoms with Crippen LogP contribution in [0, 0.1) is 0 Å². The molecule has 1 radical (unpaired) electrons. The van der Waals surface area contributed by atoms with E-state index in [1.807, 2.05) is 0 Å². The van der Waals surface area contributed by atoms with Crippen molar-refractivity contribution in [1.29, 1.82) is 0 Å². The quantitative estimate of drug-likeness (QED) is 0.496. The lowest BCUT2D eigenvalue weighted by molar-refractivity contribution is -0.126. The maximum absolute atomic E-state index is 11.7. The van der Waals surface area contributed by atoms with Gasteiger partial charge in [-0.3, -0.25) is 14.4 Å². The number of hydrogen-bond donors (Lipinski definition) is 3. The summed E-state index contributed by atoms with van der Waals surface area (Å²) in [5, 5.41) is 5.12. The van der Waals surface area contributed by atoms with E-state index < -0.39 is 12.1 Å². The van der Waals surface area contributed by atoms with E-state index in [2.05, 4.69) is 10.6 Å². The number of carbonyl (C=O) groups is 2. The second-order valence-corrected chi connectivity index (χ2v) is 4.12. The van der Waals surface area contributed by atoms with Gasteiger partial charge in [0.2, 0.25) is 18.1 Å². The summed E-state index contributed by atoms with van der Waals surface area (Å²) < 4.78 is 0. The summed E-state index contributed by atoms with van der Waals surface area (Å²) in [4.78, 5) is 33.3. The number of nitrogens with two attached hydrogens (primary N) is 1. The van der Waals surface area contributed by atoms with E-state index >= 15 is 0 Å². The molecule has 0 aliphatic carbocycles. The summed E-state index contributed by atoms with van der Waals surface area (Å²) in [6, 6.07) is -1.11. The van der Waals surface area contributed by atoms with Crippen molar-refractivity contribution in [3.05, 3.63) is 0 Å². The maximum Gasteiger partial charge on any atom is 0.243 e. The highest BCUT2D eigenvalue weighted by Gasteiger charge is 2.28. The van der Waals surface area contributed by atoms with E-state index in [0.29, 0.717) is 25.8 Å². The molecule has 1 saturated heterocycles. The Labute approximate surface area is 100 Å². The number of nitrogens with one attached hydrogen (secondary N) is 2. The minimum atomic E-state index is -0.605. The largest absolute Gasteiger partial charge is 0.344 e. The van der Waals surface area contributed by atoms with E-state index in [-0.39, 0.29) is 11.8 Å². The molecule has 95 valence electrons. The standard InChI is InChI=1S/C11H18N3O3/c12-6-2-1-3-8(7-15)13-11(17)9-4-5-10(16)14-9/h8-9H,1-6,12H2,(H,13,17)(H,14,16)/t8-,9-/m0/s1. The molecule has 6 heteroatoms. The number of rotatable bonds is 7. The second kappa shape index (κ2) is 7.01. The minimum Gasteiger partial charge on any atom is -0.344 e. The summed E-state index contributed by atoms with van der Waals surface area (Å²) >= 11 is 0. The molecule has 6 nitrogen and oxygen atoms in total. The van der Waals surface area contributed by atoms with Crippen LogP contribution in [-0.4, -0.2) is 36.7 Å². The van der Waals surface area contributed by atoms with Crippen molar-refractivity contribution in [3.8, 4) is 0 Å². The molecule has 1 heterocycles. The van der Waals surface area contributed by atoms with Crippen LogP contribution in [0.4, 0.5) is 0 Å². The molecule has 0 bridgehead atoms. The van der Waals surface area contributed by atoms with Gasteiger partial charge in [-0.05, 0) is 32.2 Å². The van der Waals surface area contributed by atoms with Crippen molar-refractivity contribution in [1.82, 2.24) is 10.6 Å². The SMILES string of the molecule is NCCCC[C@@H]([C]=O)NC(=O)[C@@H]1CCC(=O)N1. The van der Waals surface area contributed by atoms with Crippen LogP contribution in [0.1, 0.15) is 32.1 Å². The Hall–Kier alpha value is -1.43. The molecule has 2 atom stereocenters. The first kappa shape index (κ1) is 13.6. The first-order valence-electron chi connectivity index (χ1n) is 5.85. The highest BCUT2D eigenvalue weighted by molar-refractivity contribution is 5.91. The first-order chi connectivity index (χ1) is 8.17. The molecule has 1 aliphatic heterocycles. The van der Waals surface area contributed by atoms with Crippen molar-refractivity contribution in [2.45, 2.75) is 44.2 Å². The van der Waals surface area contributed by atoms with Crippen LogP contribution in [0.15, 0.2) is 0 Å². The molecule has 2 amide bonds. The molecule has 0 aromatic carbocycles. The Balaban J connectivity index is 2.31. The molecule has 1 aliphatic rings. The maximum atomic E-state index is 11.7. The molecule has 0 aromatic heterocycles. The summed E-state index contributed by atoms with van der Waals surface area (Å²) in [5.74, 6) is -0.433. The zero-order valence-electron chi connectivity index (χ0n) is 9.70. The van der Waals surface area contributed by atoms with Gasteiger partial charge < -0.3 is 16.4 Å². The molecule has 1 fully saturated rings. The number of hydrogen-bond acceptors (Lipinski definition) is 4. The fraction of sp³-hybridized carbons (Fsp3) is 0.727. The van der Waals surface area contributed by atoms with E-state index in [0.717, 1.165) is 12.8 Å². The highest BCUT2D eigenvalue weighted by Crippen LogP contribution is 2.07. The number of unbranched alkanes of at least 4 members (excludes halogenated alkanes) is 1. The van der Waals surface area contributed by atoms with Gasteiger partial charge in [-0.25, -0.2) is 0 Å². The Morgan fingerprint density at radius 1 is 1.59 bits per heavy atom. The van der Waals surface area contributed by atoms with Crippen LogP contribution in [-0.2, 0) is 14.4 Å². The molecular weight excluding hydrogens is 222 g/mol. The molecule has 0 aromatic rings. The third kappa shape index (κ3) is 4.52. The predicted molar refractivity (Wildman–Crippen MR) is 61.7 cm³/mol. The monoisotopic (exact) mass is 240 g/mol. The smallest absolute Gasteiger partial charge is 0.243 e. The first-order valence-corrected chi connectivity index (χ1v) is 5.85. The Bertz CT molecular complexity index is 294. The molecule has 0 saturated carbocycles. The van der Waals surface area contributed by atoms with E-state index in [9.17, 15) is 14.4 Å². The molecule has 0 unspecified atom stereocenters. The van der Waals surface area contributed by atoms with Crippen molar-refractivity contribution < 1.29 is 14.4 Å². The zero-order valence-corrected chi connectivity index (χ0v) is 9.70. The molecule has 17 heavy (non-hydrogen) atoms. The van der Waals surface area contributed by atoms with Gasteiger partial charge in [0.15, 0.2) is 0 Å². The lowest BCUT2D eigenvalue weighted by Crippen LogP contribution is -2.46. The zero-order chi connectivity index (χ0) is 12.7. The predicted octanol–water partition coefficient (Wildman–Crippen LogP) is -1.01. The Kier molecular flexibility index (Phi) is 5.62. The van der Waals surface area contributed by atoms with Gasteiger partial charge in [0.1, 0.15) is 6.04 Å². The fourth-order valence-corrected chi connectivity index (χ4v) is 1.74. The third-order valence-electron chi connectivity index (χ3n) is 2.72. The normalized spacial score (nSPS) is 20.8. The van der Waals surface area contributed by atoms with Crippen LogP contribution in [0.25, 0.3) is 0 Å². The summed E-state index contributed by atoms with van der Waals surface area (Å²) in [7, 11) is 0. The summed E-state index contributed by atoms with van der Waals surface area (Å²) in [6.45, 7) is 0.568. The second-order valence-electron chi connectivity index (χ2n) is 4.12. The van der Waals surface area contributed by atoms with Gasteiger partial charge in [0.25, 0.3) is 0 Å². The molecular formula is C11H18N3O3. The van der Waals surface area contributed by atoms with Crippen LogP contribution in [0.5, 0.6) is 0 Å². The number of carbonyl (C=O) groups excluding carboxylic acids is 3. The molecule has 0 spiro atoms. The van der Waals surface area contributed by atoms with Crippen molar-refractivity contribution in [3.63, 3.8) is 0 Å². The van der Waals surface area contributed by atoms with Crippen molar-refractivity contribution in [2.24, 2.45) is 5.73 Å². The third-order valence-corrected chi connectivity index (χ3v) is 2.72. The van der Waals surface area contributed by atoms with Crippen LogP contribution in [0.2, 0.25) is 0 Å². The molecule has 4 N–H and O–H groups in total. The Morgan fingerprint density at radius 2 is 2.35 bits per heavy atom. The average Bonchev–Trinajstić information content (AvgIpc) is 2.74. The van der Waals surface area contributed by atoms with Crippen LogP contribution in [0.3, 0.4) is 0 Å². The van der Waals surface area contributed by atoms with Gasteiger partial charge >= 0.3 is 0 Å². The Morgan fingerprint density at radius 3 is 2.88 bits per heavy atom. The van der Waals surface area contributed by atoms with Gasteiger partial charge in [-0.15, -0.1) is 0 Å². The lowest BCUT2D eigenvalue weighted by atomic mass is 10.1. The van der Waals surface area contributed by atoms with Crippen molar-refractivity contribution >= 4 is 18.1 Å². The average molecular weight is 240 g/mol. The van der Waals surface area contributed by atoms with E-state index in [4.69, 9.17) is 5.73 Å². The van der Waals surface area contributed by atoms with Gasteiger partial charge in [-0.1, -0.05) is 0 Å². The fourth-order valence-electron chi connectivity index (χ4n) is 1.74. The topological polar surface area (TPSA) is 101 Å². The number of amides is 2. The van der Waals surface area contributed by atoms with E-state index in [1.165, 1.54) is 0 Å². The van der Waals surface area contributed by atoms with E-state index in [1.54, 1.807) is 6.29 Å². The highest BCUT2D eigenvalue weighted by atomic mass is 16.2. The molecule has 1 rings (SSSR count). The summed E-state index contributed by atoms with van der Waals surface area (Å²) in [6.07, 6.45) is 4.76. The van der Waals surface area contributed by atoms with Gasteiger partial charge in [-0.2, -0.15) is 0 Å².